The largest absolute Gasteiger partial charge is 0.352 e. The Bertz CT molecular complexity index is 1290. The smallest absolute Gasteiger partial charge is 0.251 e. The summed E-state index contributed by atoms with van der Waals surface area (Å²) in [5.74, 6) is 0.597. The summed E-state index contributed by atoms with van der Waals surface area (Å²) in [6.07, 6.45) is 4.66. The first kappa shape index (κ1) is 19.4. The predicted octanol–water partition coefficient (Wildman–Crippen LogP) is 4.48. The molecule has 0 aliphatic heterocycles. The van der Waals surface area contributed by atoms with Crippen LogP contribution in [0.4, 0.5) is 0 Å². The third kappa shape index (κ3) is 4.32. The van der Waals surface area contributed by atoms with Crippen molar-refractivity contribution in [2.75, 3.05) is 6.54 Å². The normalized spacial score (nSPS) is 11.2. The summed E-state index contributed by atoms with van der Waals surface area (Å²) < 4.78 is 1.99. The van der Waals surface area contributed by atoms with Crippen molar-refractivity contribution in [3.8, 4) is 0 Å². The summed E-state index contributed by atoms with van der Waals surface area (Å²) in [6, 6.07) is 21.6. The number of aromatic nitrogens is 4. The van der Waals surface area contributed by atoms with E-state index in [1.54, 1.807) is 11.8 Å². The van der Waals surface area contributed by atoms with E-state index >= 15 is 0 Å². The molecule has 0 atom stereocenters. The molecule has 0 bridgehead atoms. The summed E-state index contributed by atoms with van der Waals surface area (Å²) in [7, 11) is 0. The number of pyridine rings is 1. The minimum Gasteiger partial charge on any atom is -0.352 e. The number of nitrogens with one attached hydrogen (secondary N) is 2. The second-order valence-electron chi connectivity index (χ2n) is 7.21. The molecule has 0 saturated carbocycles. The summed E-state index contributed by atoms with van der Waals surface area (Å²) in [4.78, 5) is 25.3. The fraction of sp³-hybridized carbons (Fsp3) is 0.125. The second-order valence-corrected chi connectivity index (χ2v) is 8.17. The SMILES string of the molecule is O=C(NCCc1cn2ccccc2n1)c1ccccc1CSc1nc2ccccc2[nH]1. The highest BCUT2D eigenvalue weighted by atomic mass is 32.2. The molecule has 0 radical (unpaired) electrons. The Balaban J connectivity index is 1.22. The maximum absolute atomic E-state index is 12.8. The van der Waals surface area contributed by atoms with Crippen LogP contribution < -0.4 is 5.32 Å². The lowest BCUT2D eigenvalue weighted by atomic mass is 10.1. The number of imidazole rings is 2. The first-order valence-electron chi connectivity index (χ1n) is 10.1. The Hall–Kier alpha value is -3.58. The van der Waals surface area contributed by atoms with Crippen molar-refractivity contribution in [1.29, 1.82) is 0 Å². The lowest BCUT2D eigenvalue weighted by molar-refractivity contribution is 0.0953. The van der Waals surface area contributed by atoms with Gasteiger partial charge in [-0.25, -0.2) is 9.97 Å². The van der Waals surface area contributed by atoms with Crippen LogP contribution in [0.2, 0.25) is 0 Å². The predicted molar refractivity (Wildman–Crippen MR) is 123 cm³/mol. The van der Waals surface area contributed by atoms with E-state index in [4.69, 9.17) is 0 Å². The standard InChI is InChI=1S/C24H21N5OS/c30-23(25-13-12-18-15-29-14-6-5-11-22(29)26-18)19-8-2-1-7-17(19)16-31-24-27-20-9-3-4-10-21(20)28-24/h1-11,14-15H,12-13,16H2,(H,25,30)(H,27,28). The van der Waals surface area contributed by atoms with Gasteiger partial charge in [0.05, 0.1) is 16.7 Å². The molecular formula is C24H21N5OS. The molecule has 0 saturated heterocycles. The molecule has 3 heterocycles. The molecule has 2 N–H and O–H groups in total. The highest BCUT2D eigenvalue weighted by Gasteiger charge is 2.12. The average Bonchev–Trinajstić information content (AvgIpc) is 3.41. The number of hydrogen-bond acceptors (Lipinski definition) is 4. The number of carbonyl (C=O) groups excluding carboxylic acids is 1. The van der Waals surface area contributed by atoms with Crippen molar-refractivity contribution in [2.45, 2.75) is 17.3 Å². The van der Waals surface area contributed by atoms with Gasteiger partial charge < -0.3 is 14.7 Å². The van der Waals surface area contributed by atoms with Crippen LogP contribution in [0.5, 0.6) is 0 Å². The highest BCUT2D eigenvalue weighted by Crippen LogP contribution is 2.24. The first-order chi connectivity index (χ1) is 15.3. The van der Waals surface area contributed by atoms with Crippen molar-refractivity contribution in [3.63, 3.8) is 0 Å². The van der Waals surface area contributed by atoms with Gasteiger partial charge in [-0.1, -0.05) is 48.2 Å². The van der Waals surface area contributed by atoms with Gasteiger partial charge in [0.2, 0.25) is 0 Å². The molecule has 0 unspecified atom stereocenters. The quantitative estimate of drug-likeness (QED) is 0.376. The molecule has 0 spiro atoms. The molecule has 3 aromatic heterocycles. The molecule has 5 aromatic rings. The molecule has 0 aliphatic carbocycles. The number of thioether (sulfide) groups is 1. The maximum Gasteiger partial charge on any atom is 0.251 e. The van der Waals surface area contributed by atoms with Crippen LogP contribution in [0, 0.1) is 0 Å². The van der Waals surface area contributed by atoms with Crippen molar-refractivity contribution in [2.24, 2.45) is 0 Å². The molecule has 0 fully saturated rings. The Morgan fingerprint density at radius 2 is 1.84 bits per heavy atom. The van der Waals surface area contributed by atoms with E-state index in [0.29, 0.717) is 24.3 Å². The van der Waals surface area contributed by atoms with Crippen LogP contribution in [0.1, 0.15) is 21.6 Å². The van der Waals surface area contributed by atoms with E-state index in [-0.39, 0.29) is 5.91 Å². The Morgan fingerprint density at radius 3 is 2.74 bits per heavy atom. The van der Waals surface area contributed by atoms with Crippen molar-refractivity contribution in [1.82, 2.24) is 24.7 Å². The van der Waals surface area contributed by atoms with Crippen LogP contribution in [-0.4, -0.2) is 31.8 Å². The molecule has 7 heteroatoms. The zero-order valence-corrected chi connectivity index (χ0v) is 17.6. The fourth-order valence-electron chi connectivity index (χ4n) is 3.52. The monoisotopic (exact) mass is 427 g/mol. The van der Waals surface area contributed by atoms with Crippen molar-refractivity contribution in [3.05, 3.63) is 95.9 Å². The topological polar surface area (TPSA) is 75.1 Å². The van der Waals surface area contributed by atoms with Crippen molar-refractivity contribution >= 4 is 34.3 Å². The van der Waals surface area contributed by atoms with Crippen LogP contribution >= 0.6 is 11.8 Å². The van der Waals surface area contributed by atoms with Crippen molar-refractivity contribution < 1.29 is 4.79 Å². The fourth-order valence-corrected chi connectivity index (χ4v) is 4.41. The zero-order chi connectivity index (χ0) is 21.0. The number of aromatic amines is 1. The Labute approximate surface area is 183 Å². The molecule has 154 valence electrons. The molecule has 6 nitrogen and oxygen atoms in total. The Morgan fingerprint density at radius 1 is 1.00 bits per heavy atom. The third-order valence-electron chi connectivity index (χ3n) is 5.07. The van der Waals surface area contributed by atoms with Gasteiger partial charge in [0.15, 0.2) is 5.16 Å². The number of para-hydroxylation sites is 2. The summed E-state index contributed by atoms with van der Waals surface area (Å²) in [5.41, 5.74) is 5.52. The molecule has 31 heavy (non-hydrogen) atoms. The number of amides is 1. The number of rotatable bonds is 7. The summed E-state index contributed by atoms with van der Waals surface area (Å²) in [5, 5.41) is 3.88. The minimum absolute atomic E-state index is 0.0652. The lowest BCUT2D eigenvalue weighted by Crippen LogP contribution is -2.26. The van der Waals surface area contributed by atoms with Crippen LogP contribution in [0.15, 0.2) is 84.3 Å². The van der Waals surface area contributed by atoms with Gasteiger partial charge in [0, 0.05) is 36.7 Å². The van der Waals surface area contributed by atoms with E-state index in [2.05, 4.69) is 20.3 Å². The molecule has 5 rings (SSSR count). The van der Waals surface area contributed by atoms with E-state index in [9.17, 15) is 4.79 Å². The van der Waals surface area contributed by atoms with Crippen LogP contribution in [-0.2, 0) is 12.2 Å². The average molecular weight is 428 g/mol. The molecule has 2 aromatic carbocycles. The molecular weight excluding hydrogens is 406 g/mol. The summed E-state index contributed by atoms with van der Waals surface area (Å²) in [6.45, 7) is 0.535. The van der Waals surface area contributed by atoms with Gasteiger partial charge in [-0.15, -0.1) is 0 Å². The number of carbonyl (C=O) groups is 1. The maximum atomic E-state index is 12.8. The third-order valence-corrected chi connectivity index (χ3v) is 6.00. The zero-order valence-electron chi connectivity index (χ0n) is 16.8. The first-order valence-corrected chi connectivity index (χ1v) is 11.1. The van der Waals surface area contributed by atoms with Crippen LogP contribution in [0.25, 0.3) is 16.7 Å². The van der Waals surface area contributed by atoms with Gasteiger partial charge in [-0.05, 0) is 35.9 Å². The van der Waals surface area contributed by atoms with Gasteiger partial charge in [0.25, 0.3) is 5.91 Å². The number of nitrogens with zero attached hydrogens (tertiary/aromatic N) is 3. The lowest BCUT2D eigenvalue weighted by Gasteiger charge is -2.09. The van der Waals surface area contributed by atoms with Gasteiger partial charge in [0.1, 0.15) is 5.65 Å². The highest BCUT2D eigenvalue weighted by molar-refractivity contribution is 7.98. The van der Waals surface area contributed by atoms with E-state index in [1.807, 2.05) is 83.5 Å². The van der Waals surface area contributed by atoms with Gasteiger partial charge in [-0.3, -0.25) is 4.79 Å². The van der Waals surface area contributed by atoms with Gasteiger partial charge in [-0.2, -0.15) is 0 Å². The van der Waals surface area contributed by atoms with E-state index in [1.165, 1.54) is 0 Å². The number of fused-ring (bicyclic) bond motifs is 2. The number of benzene rings is 2. The number of H-pyrrole nitrogens is 1. The number of hydrogen-bond donors (Lipinski definition) is 2. The van der Waals surface area contributed by atoms with Crippen LogP contribution in [0.3, 0.4) is 0 Å². The summed E-state index contributed by atoms with van der Waals surface area (Å²) >= 11 is 1.59. The Kier molecular flexibility index (Phi) is 5.41. The van der Waals surface area contributed by atoms with E-state index < -0.39 is 0 Å². The minimum atomic E-state index is -0.0652. The van der Waals surface area contributed by atoms with E-state index in [0.717, 1.165) is 33.1 Å². The second kappa shape index (κ2) is 8.65. The molecule has 1 amide bonds. The van der Waals surface area contributed by atoms with Gasteiger partial charge >= 0.3 is 0 Å². The molecule has 0 aliphatic rings.